The van der Waals surface area contributed by atoms with E-state index in [1.165, 1.54) is 35.3 Å². The van der Waals surface area contributed by atoms with Crippen LogP contribution in [0.2, 0.25) is 0 Å². The zero-order valence-electron chi connectivity index (χ0n) is 14.1. The maximum absolute atomic E-state index is 11.7. The molecule has 1 saturated heterocycles. The van der Waals surface area contributed by atoms with Crippen molar-refractivity contribution in [2.75, 3.05) is 32.8 Å². The van der Waals surface area contributed by atoms with E-state index in [-0.39, 0.29) is 11.9 Å². The molecule has 0 amide bonds. The van der Waals surface area contributed by atoms with Crippen LogP contribution in [-0.2, 0) is 22.4 Å². The van der Waals surface area contributed by atoms with E-state index in [4.69, 9.17) is 9.47 Å². The number of carbonyl (C=O) groups is 1. The molecular weight excluding hydrogens is 290 g/mol. The van der Waals surface area contributed by atoms with Crippen molar-refractivity contribution in [3.05, 3.63) is 29.3 Å². The van der Waals surface area contributed by atoms with Crippen molar-refractivity contribution in [2.45, 2.75) is 39.0 Å². The largest absolute Gasteiger partial charge is 0.488 e. The van der Waals surface area contributed by atoms with Crippen LogP contribution in [-0.4, -0.2) is 38.8 Å². The number of aryl methyl sites for hydroxylation is 2. The molecule has 1 fully saturated rings. The molecule has 1 N–H and O–H groups in total. The van der Waals surface area contributed by atoms with Gasteiger partial charge in [0.25, 0.3) is 0 Å². The van der Waals surface area contributed by atoms with Gasteiger partial charge in [0.1, 0.15) is 18.9 Å². The van der Waals surface area contributed by atoms with Gasteiger partial charge in [0.05, 0.1) is 25.6 Å². The van der Waals surface area contributed by atoms with Gasteiger partial charge in [-0.25, -0.2) is 0 Å². The summed E-state index contributed by atoms with van der Waals surface area (Å²) >= 11 is 0. The lowest BCUT2D eigenvalue weighted by Gasteiger charge is -2.28. The molecule has 0 spiro atoms. The summed E-state index contributed by atoms with van der Waals surface area (Å²) < 4.78 is 11.1. The molecule has 0 atom stereocenters. The molecule has 0 unspecified atom stereocenters. The van der Waals surface area contributed by atoms with E-state index in [0.717, 1.165) is 44.8 Å². The molecule has 1 aromatic carbocycles. The number of benzene rings is 1. The van der Waals surface area contributed by atoms with Crippen molar-refractivity contribution < 1.29 is 19.2 Å². The highest BCUT2D eigenvalue weighted by Gasteiger charge is 2.28. The number of likely N-dealkylation sites (tertiary alicyclic amines) is 1. The van der Waals surface area contributed by atoms with E-state index in [1.807, 2.05) is 6.92 Å². The summed E-state index contributed by atoms with van der Waals surface area (Å²) in [7, 11) is 0. The first-order valence-electron chi connectivity index (χ1n) is 9.01. The summed E-state index contributed by atoms with van der Waals surface area (Å²) in [6.45, 7) is 6.19. The SMILES string of the molecule is CCOC(=O)C1CC[NH+](CCOc2ccc3c(c2)CCC3)CC1. The van der Waals surface area contributed by atoms with Gasteiger partial charge in [-0.2, -0.15) is 0 Å². The Balaban J connectivity index is 1.38. The average Bonchev–Trinajstić information content (AvgIpc) is 3.03. The average molecular weight is 318 g/mol. The van der Waals surface area contributed by atoms with Crippen LogP contribution in [0.1, 0.15) is 37.3 Å². The highest BCUT2D eigenvalue weighted by molar-refractivity contribution is 5.72. The fraction of sp³-hybridized carbons (Fsp3) is 0.632. The molecule has 1 aliphatic carbocycles. The monoisotopic (exact) mass is 318 g/mol. The molecule has 0 saturated carbocycles. The quantitative estimate of drug-likeness (QED) is 0.806. The normalized spacial score (nSPS) is 23.3. The maximum Gasteiger partial charge on any atom is 0.309 e. The Morgan fingerprint density at radius 3 is 2.78 bits per heavy atom. The van der Waals surface area contributed by atoms with Gasteiger partial charge in [0.15, 0.2) is 0 Å². The number of ether oxygens (including phenoxy) is 2. The van der Waals surface area contributed by atoms with Crippen LogP contribution in [0.5, 0.6) is 5.75 Å². The van der Waals surface area contributed by atoms with E-state index >= 15 is 0 Å². The molecule has 0 aromatic heterocycles. The van der Waals surface area contributed by atoms with Gasteiger partial charge in [0, 0.05) is 12.8 Å². The van der Waals surface area contributed by atoms with Crippen LogP contribution < -0.4 is 9.64 Å². The number of esters is 1. The maximum atomic E-state index is 11.7. The molecule has 2 aliphatic rings. The molecular formula is C19H28NO3+. The number of rotatable bonds is 6. The first-order chi connectivity index (χ1) is 11.3. The van der Waals surface area contributed by atoms with Gasteiger partial charge in [-0.15, -0.1) is 0 Å². The van der Waals surface area contributed by atoms with E-state index in [0.29, 0.717) is 6.61 Å². The van der Waals surface area contributed by atoms with Crippen molar-refractivity contribution in [1.82, 2.24) is 0 Å². The Labute approximate surface area is 138 Å². The molecule has 0 bridgehead atoms. The lowest BCUT2D eigenvalue weighted by Crippen LogP contribution is -3.13. The topological polar surface area (TPSA) is 40.0 Å². The van der Waals surface area contributed by atoms with Crippen molar-refractivity contribution in [3.8, 4) is 5.75 Å². The molecule has 0 radical (unpaired) electrons. The predicted octanol–water partition coefficient (Wildman–Crippen LogP) is 1.41. The molecule has 4 nitrogen and oxygen atoms in total. The van der Waals surface area contributed by atoms with Crippen molar-refractivity contribution in [2.24, 2.45) is 5.92 Å². The van der Waals surface area contributed by atoms with Crippen molar-refractivity contribution in [1.29, 1.82) is 0 Å². The van der Waals surface area contributed by atoms with Gasteiger partial charge < -0.3 is 14.4 Å². The molecule has 23 heavy (non-hydrogen) atoms. The Morgan fingerprint density at radius 2 is 2.00 bits per heavy atom. The summed E-state index contributed by atoms with van der Waals surface area (Å²) in [4.78, 5) is 13.3. The number of fused-ring (bicyclic) bond motifs is 1. The third-order valence-corrected chi connectivity index (χ3v) is 5.11. The number of quaternary nitrogens is 1. The molecule has 1 heterocycles. The molecule has 1 aromatic rings. The fourth-order valence-corrected chi connectivity index (χ4v) is 3.72. The lowest BCUT2D eigenvalue weighted by atomic mass is 9.97. The molecule has 3 rings (SSSR count). The van der Waals surface area contributed by atoms with E-state index in [9.17, 15) is 4.79 Å². The van der Waals surface area contributed by atoms with Gasteiger partial charge in [0.2, 0.25) is 0 Å². The summed E-state index contributed by atoms with van der Waals surface area (Å²) in [6, 6.07) is 6.53. The van der Waals surface area contributed by atoms with Gasteiger partial charge in [-0.3, -0.25) is 4.79 Å². The number of hydrogen-bond acceptors (Lipinski definition) is 3. The summed E-state index contributed by atoms with van der Waals surface area (Å²) in [5.74, 6) is 1.10. The highest BCUT2D eigenvalue weighted by atomic mass is 16.5. The molecule has 126 valence electrons. The number of carbonyl (C=O) groups excluding carboxylic acids is 1. The van der Waals surface area contributed by atoms with Crippen LogP contribution in [0.25, 0.3) is 0 Å². The first kappa shape index (κ1) is 16.3. The zero-order chi connectivity index (χ0) is 16.1. The smallest absolute Gasteiger partial charge is 0.309 e. The molecule has 4 heteroatoms. The summed E-state index contributed by atoms with van der Waals surface area (Å²) in [6.07, 6.45) is 5.56. The number of hydrogen-bond donors (Lipinski definition) is 1. The Bertz CT molecular complexity index is 535. The van der Waals surface area contributed by atoms with Crippen LogP contribution in [0.3, 0.4) is 0 Å². The molecule has 1 aliphatic heterocycles. The highest BCUT2D eigenvalue weighted by Crippen LogP contribution is 2.25. The van der Waals surface area contributed by atoms with Crippen molar-refractivity contribution in [3.63, 3.8) is 0 Å². The fourth-order valence-electron chi connectivity index (χ4n) is 3.72. The van der Waals surface area contributed by atoms with Crippen LogP contribution >= 0.6 is 0 Å². The summed E-state index contributed by atoms with van der Waals surface area (Å²) in [5.41, 5.74) is 2.95. The first-order valence-corrected chi connectivity index (χ1v) is 9.01. The number of nitrogens with one attached hydrogen (secondary N) is 1. The zero-order valence-corrected chi connectivity index (χ0v) is 14.1. The second-order valence-corrected chi connectivity index (χ2v) is 6.66. The Kier molecular flexibility index (Phi) is 5.55. The van der Waals surface area contributed by atoms with Crippen LogP contribution in [0.4, 0.5) is 0 Å². The minimum atomic E-state index is -0.0130. The Hall–Kier alpha value is -1.55. The van der Waals surface area contributed by atoms with Gasteiger partial charge in [-0.05, 0) is 49.4 Å². The van der Waals surface area contributed by atoms with E-state index in [1.54, 1.807) is 0 Å². The predicted molar refractivity (Wildman–Crippen MR) is 88.9 cm³/mol. The second-order valence-electron chi connectivity index (χ2n) is 6.66. The lowest BCUT2D eigenvalue weighted by molar-refractivity contribution is -0.905. The number of piperidine rings is 1. The van der Waals surface area contributed by atoms with E-state index < -0.39 is 0 Å². The third-order valence-electron chi connectivity index (χ3n) is 5.11. The minimum absolute atomic E-state index is 0.0130. The van der Waals surface area contributed by atoms with Gasteiger partial charge in [-0.1, -0.05) is 6.07 Å². The summed E-state index contributed by atoms with van der Waals surface area (Å²) in [5, 5.41) is 0. The second kappa shape index (κ2) is 7.82. The van der Waals surface area contributed by atoms with Crippen LogP contribution in [0, 0.1) is 5.92 Å². The minimum Gasteiger partial charge on any atom is -0.488 e. The van der Waals surface area contributed by atoms with Gasteiger partial charge >= 0.3 is 5.97 Å². The third kappa shape index (κ3) is 4.25. The van der Waals surface area contributed by atoms with Crippen LogP contribution in [0.15, 0.2) is 18.2 Å². The van der Waals surface area contributed by atoms with E-state index in [2.05, 4.69) is 18.2 Å². The Morgan fingerprint density at radius 1 is 1.22 bits per heavy atom. The van der Waals surface area contributed by atoms with Crippen molar-refractivity contribution >= 4 is 5.97 Å². The standard InChI is InChI=1S/C19H27NO3/c1-2-22-19(21)16-8-10-20(11-9-16)12-13-23-18-7-6-15-4-3-5-17(15)14-18/h6-7,14,16H,2-5,8-13H2,1H3/p+1.